The lowest BCUT2D eigenvalue weighted by Gasteiger charge is -2.36. The maximum Gasteiger partial charge on any atom is 0.243 e. The van der Waals surface area contributed by atoms with Crippen LogP contribution in [0.5, 0.6) is 0 Å². The second-order valence-electron chi connectivity index (χ2n) is 4.66. The number of rotatable bonds is 6. The van der Waals surface area contributed by atoms with Crippen molar-refractivity contribution in [3.8, 4) is 0 Å². The van der Waals surface area contributed by atoms with Crippen molar-refractivity contribution in [3.05, 3.63) is 30.3 Å². The molecule has 0 radical (unpaired) electrons. The van der Waals surface area contributed by atoms with Crippen molar-refractivity contribution in [1.29, 1.82) is 0 Å². The van der Waals surface area contributed by atoms with Gasteiger partial charge in [-0.25, -0.2) is 8.42 Å². The number of sulfonamides is 1. The SMILES string of the molecule is NCCCN(C1CCC1)S(=O)(=O)c1ccccc1. The van der Waals surface area contributed by atoms with Gasteiger partial charge in [0.1, 0.15) is 0 Å². The minimum Gasteiger partial charge on any atom is -0.330 e. The monoisotopic (exact) mass is 268 g/mol. The smallest absolute Gasteiger partial charge is 0.243 e. The third-order valence-corrected chi connectivity index (χ3v) is 5.38. The lowest BCUT2D eigenvalue weighted by molar-refractivity contribution is 0.218. The zero-order chi connectivity index (χ0) is 13.0. The fraction of sp³-hybridized carbons (Fsp3) is 0.538. The van der Waals surface area contributed by atoms with Crippen LogP contribution in [0, 0.1) is 0 Å². The maximum atomic E-state index is 12.6. The minimum absolute atomic E-state index is 0.168. The second-order valence-corrected chi connectivity index (χ2v) is 6.55. The normalized spacial score (nSPS) is 16.8. The van der Waals surface area contributed by atoms with Gasteiger partial charge in [0.05, 0.1) is 4.90 Å². The highest BCUT2D eigenvalue weighted by atomic mass is 32.2. The lowest BCUT2D eigenvalue weighted by atomic mass is 9.93. The number of benzene rings is 1. The van der Waals surface area contributed by atoms with Crippen molar-refractivity contribution >= 4 is 10.0 Å². The molecule has 0 bridgehead atoms. The third kappa shape index (κ3) is 2.74. The number of nitrogens with zero attached hydrogens (tertiary/aromatic N) is 1. The van der Waals surface area contributed by atoms with E-state index in [9.17, 15) is 8.42 Å². The van der Waals surface area contributed by atoms with Crippen molar-refractivity contribution in [2.24, 2.45) is 5.73 Å². The molecule has 1 fully saturated rings. The van der Waals surface area contributed by atoms with Crippen LogP contribution < -0.4 is 5.73 Å². The largest absolute Gasteiger partial charge is 0.330 e. The first-order valence-electron chi connectivity index (χ1n) is 6.43. The third-order valence-electron chi connectivity index (χ3n) is 3.41. The Bertz CT molecular complexity index is 469. The van der Waals surface area contributed by atoms with Crippen molar-refractivity contribution < 1.29 is 8.42 Å². The Balaban J connectivity index is 2.23. The summed E-state index contributed by atoms with van der Waals surface area (Å²) >= 11 is 0. The molecule has 5 heteroatoms. The van der Waals surface area contributed by atoms with Crippen molar-refractivity contribution in [2.75, 3.05) is 13.1 Å². The van der Waals surface area contributed by atoms with Gasteiger partial charge in [-0.05, 0) is 37.9 Å². The number of hydrogen-bond donors (Lipinski definition) is 1. The quantitative estimate of drug-likeness (QED) is 0.852. The predicted molar refractivity (Wildman–Crippen MR) is 71.6 cm³/mol. The van der Waals surface area contributed by atoms with E-state index in [0.717, 1.165) is 19.3 Å². The maximum absolute atomic E-state index is 12.6. The van der Waals surface area contributed by atoms with Crippen LogP contribution in [-0.2, 0) is 10.0 Å². The molecular formula is C13H20N2O2S. The molecule has 0 aromatic heterocycles. The van der Waals surface area contributed by atoms with Crippen molar-refractivity contribution in [2.45, 2.75) is 36.6 Å². The Labute approximate surface area is 109 Å². The zero-order valence-corrected chi connectivity index (χ0v) is 11.3. The van der Waals surface area contributed by atoms with E-state index in [4.69, 9.17) is 5.73 Å². The first-order chi connectivity index (χ1) is 8.66. The van der Waals surface area contributed by atoms with E-state index in [-0.39, 0.29) is 6.04 Å². The summed E-state index contributed by atoms with van der Waals surface area (Å²) in [6.45, 7) is 1.05. The summed E-state index contributed by atoms with van der Waals surface area (Å²) in [4.78, 5) is 0.383. The summed E-state index contributed by atoms with van der Waals surface area (Å²) < 4.78 is 26.8. The molecule has 0 atom stereocenters. The molecule has 0 aliphatic heterocycles. The Kier molecular flexibility index (Phi) is 4.37. The van der Waals surface area contributed by atoms with Gasteiger partial charge in [-0.15, -0.1) is 0 Å². The van der Waals surface area contributed by atoms with E-state index in [0.29, 0.717) is 24.4 Å². The average Bonchev–Trinajstić information content (AvgIpc) is 2.33. The van der Waals surface area contributed by atoms with Crippen molar-refractivity contribution in [1.82, 2.24) is 4.31 Å². The van der Waals surface area contributed by atoms with Gasteiger partial charge in [0.2, 0.25) is 10.0 Å². The van der Waals surface area contributed by atoms with Crippen LogP contribution in [0.15, 0.2) is 35.2 Å². The van der Waals surface area contributed by atoms with Gasteiger partial charge >= 0.3 is 0 Å². The highest BCUT2D eigenvalue weighted by Gasteiger charge is 2.34. The highest BCUT2D eigenvalue weighted by Crippen LogP contribution is 2.29. The summed E-state index contributed by atoms with van der Waals surface area (Å²) in [6.07, 6.45) is 3.77. The molecule has 0 heterocycles. The standard InChI is InChI=1S/C13H20N2O2S/c14-10-5-11-15(12-6-4-7-12)18(16,17)13-8-2-1-3-9-13/h1-3,8-9,12H,4-7,10-11,14H2. The van der Waals surface area contributed by atoms with Gasteiger partial charge in [0.15, 0.2) is 0 Å². The van der Waals surface area contributed by atoms with E-state index in [1.54, 1.807) is 28.6 Å². The van der Waals surface area contributed by atoms with Crippen LogP contribution >= 0.6 is 0 Å². The van der Waals surface area contributed by atoms with Gasteiger partial charge < -0.3 is 5.73 Å². The van der Waals surface area contributed by atoms with Crippen molar-refractivity contribution in [3.63, 3.8) is 0 Å². The fourth-order valence-corrected chi connectivity index (χ4v) is 3.89. The summed E-state index contributed by atoms with van der Waals surface area (Å²) in [5.74, 6) is 0. The molecule has 18 heavy (non-hydrogen) atoms. The molecule has 4 nitrogen and oxygen atoms in total. The van der Waals surface area contributed by atoms with Gasteiger partial charge in [0, 0.05) is 12.6 Å². The number of hydrogen-bond acceptors (Lipinski definition) is 3. The minimum atomic E-state index is -3.36. The Morgan fingerprint density at radius 3 is 2.39 bits per heavy atom. The molecule has 2 rings (SSSR count). The first-order valence-corrected chi connectivity index (χ1v) is 7.87. The fourth-order valence-electron chi connectivity index (χ4n) is 2.15. The van der Waals surface area contributed by atoms with E-state index in [2.05, 4.69) is 0 Å². The molecular weight excluding hydrogens is 248 g/mol. The Morgan fingerprint density at radius 1 is 1.22 bits per heavy atom. The average molecular weight is 268 g/mol. The van der Waals surface area contributed by atoms with Crippen LogP contribution in [0.25, 0.3) is 0 Å². The molecule has 0 unspecified atom stereocenters. The molecule has 1 aromatic carbocycles. The summed E-state index contributed by atoms with van der Waals surface area (Å²) in [6, 6.07) is 8.82. The first kappa shape index (κ1) is 13.5. The summed E-state index contributed by atoms with van der Waals surface area (Å²) in [5, 5.41) is 0. The van der Waals surface area contributed by atoms with Crippen LogP contribution in [0.2, 0.25) is 0 Å². The lowest BCUT2D eigenvalue weighted by Crippen LogP contribution is -2.45. The molecule has 2 N–H and O–H groups in total. The van der Waals surface area contributed by atoms with E-state index in [1.807, 2.05) is 6.07 Å². The summed E-state index contributed by atoms with van der Waals surface area (Å²) in [7, 11) is -3.36. The van der Waals surface area contributed by atoms with E-state index < -0.39 is 10.0 Å². The highest BCUT2D eigenvalue weighted by molar-refractivity contribution is 7.89. The van der Waals surface area contributed by atoms with Gasteiger partial charge in [0.25, 0.3) is 0 Å². The molecule has 1 aliphatic rings. The van der Waals surface area contributed by atoms with Crippen LogP contribution in [0.4, 0.5) is 0 Å². The molecule has 0 amide bonds. The molecule has 1 aliphatic carbocycles. The van der Waals surface area contributed by atoms with E-state index in [1.165, 1.54) is 0 Å². The van der Waals surface area contributed by atoms with Gasteiger partial charge in [-0.1, -0.05) is 24.6 Å². The van der Waals surface area contributed by atoms with Crippen LogP contribution in [0.3, 0.4) is 0 Å². The topological polar surface area (TPSA) is 63.4 Å². The second kappa shape index (κ2) is 5.82. The predicted octanol–water partition coefficient (Wildman–Crippen LogP) is 1.58. The van der Waals surface area contributed by atoms with Gasteiger partial charge in [-0.3, -0.25) is 0 Å². The molecule has 0 spiro atoms. The van der Waals surface area contributed by atoms with Crippen LogP contribution in [-0.4, -0.2) is 31.9 Å². The summed E-state index contributed by atoms with van der Waals surface area (Å²) in [5.41, 5.74) is 5.50. The van der Waals surface area contributed by atoms with Crippen LogP contribution in [0.1, 0.15) is 25.7 Å². The number of nitrogens with two attached hydrogens (primary N) is 1. The van der Waals surface area contributed by atoms with Gasteiger partial charge in [-0.2, -0.15) is 4.31 Å². The molecule has 100 valence electrons. The molecule has 1 saturated carbocycles. The van der Waals surface area contributed by atoms with E-state index >= 15 is 0 Å². The molecule has 1 aromatic rings. The Hall–Kier alpha value is -0.910. The Morgan fingerprint density at radius 2 is 1.89 bits per heavy atom. The zero-order valence-electron chi connectivity index (χ0n) is 10.5. The molecule has 0 saturated heterocycles.